The largest absolute Gasteiger partial charge is 0.369 e. The lowest BCUT2D eigenvalue weighted by Crippen LogP contribution is -2.27. The number of halogens is 1. The van der Waals surface area contributed by atoms with Crippen molar-refractivity contribution in [3.8, 4) is 0 Å². The number of hydrogen-bond donors (Lipinski definition) is 1. The summed E-state index contributed by atoms with van der Waals surface area (Å²) in [4.78, 5) is 0. The first kappa shape index (κ1) is 15.5. The third-order valence-corrected chi connectivity index (χ3v) is 3.99. The molecule has 0 radical (unpaired) electrons. The third kappa shape index (κ3) is 4.57. The molecule has 1 aliphatic carbocycles. The Balaban J connectivity index is 2.04. The lowest BCUT2D eigenvalue weighted by Gasteiger charge is -2.25. The molecular weight excluding hydrogens is 253 g/mol. The van der Waals surface area contributed by atoms with Crippen LogP contribution in [0.2, 0.25) is 0 Å². The van der Waals surface area contributed by atoms with E-state index >= 15 is 0 Å². The minimum Gasteiger partial charge on any atom is -0.369 e. The number of nitrogens with one attached hydrogen (secondary N) is 1. The Labute approximate surface area is 121 Å². The fraction of sp³-hybridized carbons (Fsp3) is 0.647. The molecule has 112 valence electrons. The number of hydrogen-bond acceptors (Lipinski definition) is 2. The molecule has 3 heteroatoms. The van der Waals surface area contributed by atoms with Gasteiger partial charge < -0.3 is 10.1 Å². The third-order valence-electron chi connectivity index (χ3n) is 3.99. The number of benzene rings is 1. The smallest absolute Gasteiger partial charge is 0.129 e. The van der Waals surface area contributed by atoms with Gasteiger partial charge >= 0.3 is 0 Å². The van der Waals surface area contributed by atoms with Gasteiger partial charge in [0.1, 0.15) is 5.82 Å². The highest BCUT2D eigenvalue weighted by molar-refractivity contribution is 5.20. The first-order valence-corrected chi connectivity index (χ1v) is 7.92. The number of likely N-dealkylation sites (N-methyl/N-ethyl adjacent to an activating group) is 1. The molecule has 1 aliphatic rings. The molecule has 0 aromatic heterocycles. The number of ether oxygens (including phenoxy) is 1. The van der Waals surface area contributed by atoms with Gasteiger partial charge in [0.25, 0.3) is 0 Å². The van der Waals surface area contributed by atoms with Crippen LogP contribution in [0.1, 0.15) is 57.1 Å². The van der Waals surface area contributed by atoms with Gasteiger partial charge in [0.05, 0.1) is 12.2 Å². The van der Waals surface area contributed by atoms with Crippen molar-refractivity contribution in [1.82, 2.24) is 5.32 Å². The van der Waals surface area contributed by atoms with Crippen molar-refractivity contribution in [3.05, 3.63) is 35.6 Å². The van der Waals surface area contributed by atoms with Crippen molar-refractivity contribution < 1.29 is 9.13 Å². The fourth-order valence-electron chi connectivity index (χ4n) is 2.85. The monoisotopic (exact) mass is 279 g/mol. The second-order valence-electron chi connectivity index (χ2n) is 5.57. The molecule has 1 atom stereocenters. The van der Waals surface area contributed by atoms with E-state index in [0.717, 1.165) is 19.4 Å². The van der Waals surface area contributed by atoms with Gasteiger partial charge in [0.2, 0.25) is 0 Å². The maximum absolute atomic E-state index is 14.0. The SMILES string of the molecule is CCNCC(OC1CCCCCC1)c1ccccc1F. The van der Waals surface area contributed by atoms with Gasteiger partial charge in [-0.15, -0.1) is 0 Å². The topological polar surface area (TPSA) is 21.3 Å². The van der Waals surface area contributed by atoms with Crippen LogP contribution in [0.15, 0.2) is 24.3 Å². The van der Waals surface area contributed by atoms with E-state index in [1.165, 1.54) is 31.7 Å². The zero-order chi connectivity index (χ0) is 14.2. The second kappa shape index (κ2) is 8.38. The van der Waals surface area contributed by atoms with Crippen molar-refractivity contribution >= 4 is 0 Å². The number of rotatable bonds is 6. The van der Waals surface area contributed by atoms with Crippen molar-refractivity contribution in [1.29, 1.82) is 0 Å². The predicted molar refractivity (Wildman–Crippen MR) is 80.3 cm³/mol. The summed E-state index contributed by atoms with van der Waals surface area (Å²) in [5, 5.41) is 3.29. The van der Waals surface area contributed by atoms with E-state index in [2.05, 4.69) is 12.2 Å². The Morgan fingerprint density at radius 1 is 1.20 bits per heavy atom. The highest BCUT2D eigenvalue weighted by atomic mass is 19.1. The second-order valence-corrected chi connectivity index (χ2v) is 5.57. The summed E-state index contributed by atoms with van der Waals surface area (Å²) in [6.45, 7) is 3.61. The van der Waals surface area contributed by atoms with Gasteiger partial charge in [0, 0.05) is 12.1 Å². The van der Waals surface area contributed by atoms with Gasteiger partial charge in [-0.05, 0) is 25.5 Å². The molecule has 1 fully saturated rings. The van der Waals surface area contributed by atoms with Crippen LogP contribution in [-0.2, 0) is 4.74 Å². The van der Waals surface area contributed by atoms with Crippen molar-refractivity contribution in [2.24, 2.45) is 0 Å². The molecule has 1 N–H and O–H groups in total. The van der Waals surface area contributed by atoms with Crippen LogP contribution >= 0.6 is 0 Å². The van der Waals surface area contributed by atoms with E-state index in [0.29, 0.717) is 12.1 Å². The van der Waals surface area contributed by atoms with Gasteiger partial charge in [-0.1, -0.05) is 50.8 Å². The molecule has 0 bridgehead atoms. The van der Waals surface area contributed by atoms with E-state index in [1.807, 2.05) is 12.1 Å². The summed E-state index contributed by atoms with van der Waals surface area (Å²) < 4.78 is 20.2. The van der Waals surface area contributed by atoms with E-state index < -0.39 is 0 Å². The maximum atomic E-state index is 14.0. The summed E-state index contributed by atoms with van der Waals surface area (Å²) in [5.74, 6) is -0.163. The molecule has 0 aliphatic heterocycles. The Morgan fingerprint density at radius 3 is 2.55 bits per heavy atom. The Morgan fingerprint density at radius 2 is 1.90 bits per heavy atom. The van der Waals surface area contributed by atoms with E-state index in [-0.39, 0.29) is 18.0 Å². The van der Waals surface area contributed by atoms with Crippen molar-refractivity contribution in [2.75, 3.05) is 13.1 Å². The Kier molecular flexibility index (Phi) is 6.48. The molecule has 1 aromatic rings. The van der Waals surface area contributed by atoms with Gasteiger partial charge in [0.15, 0.2) is 0 Å². The Bertz CT molecular complexity index is 388. The summed E-state index contributed by atoms with van der Waals surface area (Å²) in [6, 6.07) is 6.97. The average molecular weight is 279 g/mol. The first-order valence-electron chi connectivity index (χ1n) is 7.92. The van der Waals surface area contributed by atoms with Crippen LogP contribution < -0.4 is 5.32 Å². The van der Waals surface area contributed by atoms with Gasteiger partial charge in [-0.2, -0.15) is 0 Å². The summed E-state index contributed by atoms with van der Waals surface area (Å²) in [5.41, 5.74) is 0.678. The highest BCUT2D eigenvalue weighted by Gasteiger charge is 2.21. The molecule has 20 heavy (non-hydrogen) atoms. The lowest BCUT2D eigenvalue weighted by atomic mass is 10.1. The maximum Gasteiger partial charge on any atom is 0.129 e. The molecule has 2 rings (SSSR count). The zero-order valence-electron chi connectivity index (χ0n) is 12.4. The molecule has 0 amide bonds. The van der Waals surface area contributed by atoms with Gasteiger partial charge in [-0.3, -0.25) is 0 Å². The van der Waals surface area contributed by atoms with E-state index in [1.54, 1.807) is 6.07 Å². The van der Waals surface area contributed by atoms with E-state index in [4.69, 9.17) is 4.74 Å². The first-order chi connectivity index (χ1) is 9.81. The molecule has 0 spiro atoms. The zero-order valence-corrected chi connectivity index (χ0v) is 12.4. The predicted octanol–water partition coefficient (Wildman–Crippen LogP) is 4.22. The van der Waals surface area contributed by atoms with Crippen LogP contribution in [0.5, 0.6) is 0 Å². The fourth-order valence-corrected chi connectivity index (χ4v) is 2.85. The molecule has 1 unspecified atom stereocenters. The summed E-state index contributed by atoms with van der Waals surface area (Å²) >= 11 is 0. The van der Waals surface area contributed by atoms with Crippen LogP contribution in [0.4, 0.5) is 4.39 Å². The van der Waals surface area contributed by atoms with Gasteiger partial charge in [-0.25, -0.2) is 4.39 Å². The molecule has 1 aromatic carbocycles. The molecule has 2 nitrogen and oxygen atoms in total. The molecule has 1 saturated carbocycles. The molecular formula is C17H26FNO. The molecule has 0 heterocycles. The van der Waals surface area contributed by atoms with E-state index in [9.17, 15) is 4.39 Å². The summed E-state index contributed by atoms with van der Waals surface area (Å²) in [6.07, 6.45) is 7.38. The molecule has 0 saturated heterocycles. The van der Waals surface area contributed by atoms with Crippen molar-refractivity contribution in [2.45, 2.75) is 57.7 Å². The highest BCUT2D eigenvalue weighted by Crippen LogP contribution is 2.27. The van der Waals surface area contributed by atoms with Crippen LogP contribution in [0.3, 0.4) is 0 Å². The normalized spacial score (nSPS) is 18.7. The van der Waals surface area contributed by atoms with Crippen molar-refractivity contribution in [3.63, 3.8) is 0 Å². The Hall–Kier alpha value is -0.930. The summed E-state index contributed by atoms with van der Waals surface area (Å²) in [7, 11) is 0. The van der Waals surface area contributed by atoms with Crippen LogP contribution in [-0.4, -0.2) is 19.2 Å². The average Bonchev–Trinajstić information content (AvgIpc) is 2.73. The standard InChI is InChI=1S/C17H26FNO/c1-2-19-13-17(15-11-7-8-12-16(15)18)20-14-9-5-3-4-6-10-14/h7-8,11-12,14,17,19H,2-6,9-10,13H2,1H3. The minimum absolute atomic E-state index is 0.163. The van der Waals surface area contributed by atoms with Crippen LogP contribution in [0, 0.1) is 5.82 Å². The quantitative estimate of drug-likeness (QED) is 0.787. The minimum atomic E-state index is -0.181. The lowest BCUT2D eigenvalue weighted by molar-refractivity contribution is -0.0214. The van der Waals surface area contributed by atoms with Crippen LogP contribution in [0.25, 0.3) is 0 Å².